The maximum absolute atomic E-state index is 11.6. The van der Waals surface area contributed by atoms with E-state index in [9.17, 15) is 9.59 Å². The van der Waals surface area contributed by atoms with Gasteiger partial charge in [0.15, 0.2) is 5.69 Å². The second-order valence-electron chi connectivity index (χ2n) is 4.05. The molecule has 21 heavy (non-hydrogen) atoms. The van der Waals surface area contributed by atoms with E-state index in [1.807, 2.05) is 30.3 Å². The molecule has 0 fully saturated rings. The van der Waals surface area contributed by atoms with Crippen LogP contribution < -0.4 is 5.32 Å². The first-order chi connectivity index (χ1) is 10.1. The summed E-state index contributed by atoms with van der Waals surface area (Å²) in [6.45, 7) is 0.126. The average molecular weight is 307 g/mol. The highest BCUT2D eigenvalue weighted by molar-refractivity contribution is 6.33. The highest BCUT2D eigenvalue weighted by atomic mass is 35.5. The van der Waals surface area contributed by atoms with Crippen molar-refractivity contribution in [2.45, 2.75) is 6.61 Å². The van der Waals surface area contributed by atoms with Gasteiger partial charge in [-0.1, -0.05) is 41.9 Å². The van der Waals surface area contributed by atoms with Crippen LogP contribution in [0.5, 0.6) is 0 Å². The van der Waals surface area contributed by atoms with E-state index in [1.165, 1.54) is 12.3 Å². The summed E-state index contributed by atoms with van der Waals surface area (Å²) >= 11 is 5.75. The number of pyridine rings is 1. The Morgan fingerprint density at radius 2 is 2.00 bits per heavy atom. The molecule has 0 aliphatic rings. The number of carboxylic acids is 1. The molecule has 1 amide bonds. The van der Waals surface area contributed by atoms with Gasteiger partial charge in [0, 0.05) is 0 Å². The summed E-state index contributed by atoms with van der Waals surface area (Å²) in [4.78, 5) is 26.0. The Morgan fingerprint density at radius 1 is 1.29 bits per heavy atom. The number of benzene rings is 1. The second kappa shape index (κ2) is 6.71. The first-order valence-corrected chi connectivity index (χ1v) is 6.30. The molecule has 1 aromatic heterocycles. The lowest BCUT2D eigenvalue weighted by molar-refractivity contribution is 0.0690. The molecular weight excluding hydrogens is 296 g/mol. The van der Waals surface area contributed by atoms with Gasteiger partial charge in [-0.2, -0.15) is 0 Å². The number of rotatable bonds is 4. The van der Waals surface area contributed by atoms with Gasteiger partial charge < -0.3 is 9.84 Å². The lowest BCUT2D eigenvalue weighted by atomic mass is 10.2. The monoisotopic (exact) mass is 306 g/mol. The number of nitrogens with zero attached hydrogens (tertiary/aromatic N) is 1. The molecule has 0 spiro atoms. The van der Waals surface area contributed by atoms with E-state index in [0.717, 1.165) is 5.56 Å². The Kier molecular flexibility index (Phi) is 4.73. The van der Waals surface area contributed by atoms with E-state index in [1.54, 1.807) is 0 Å². The number of hydrogen-bond donors (Lipinski definition) is 2. The summed E-state index contributed by atoms with van der Waals surface area (Å²) in [5.41, 5.74) is 0.827. The minimum atomic E-state index is -1.24. The molecule has 7 heteroatoms. The first kappa shape index (κ1) is 14.8. The Morgan fingerprint density at radius 3 is 2.62 bits per heavy atom. The number of aromatic nitrogens is 1. The zero-order valence-electron chi connectivity index (χ0n) is 10.7. The molecule has 0 aliphatic heterocycles. The minimum absolute atomic E-state index is 0.0663. The highest BCUT2D eigenvalue weighted by Gasteiger charge is 2.12. The fourth-order valence-electron chi connectivity index (χ4n) is 1.54. The molecule has 1 aromatic carbocycles. The number of carbonyl (C=O) groups excluding carboxylic acids is 1. The van der Waals surface area contributed by atoms with Crippen LogP contribution >= 0.6 is 11.6 Å². The van der Waals surface area contributed by atoms with Crippen LogP contribution in [0.3, 0.4) is 0 Å². The number of carboxylic acid groups (broad SMARTS) is 1. The molecule has 2 rings (SSSR count). The van der Waals surface area contributed by atoms with Gasteiger partial charge in [-0.3, -0.25) is 5.32 Å². The van der Waals surface area contributed by atoms with Crippen molar-refractivity contribution in [3.05, 3.63) is 58.9 Å². The van der Waals surface area contributed by atoms with E-state index in [4.69, 9.17) is 21.4 Å². The molecule has 2 N–H and O–H groups in total. The van der Waals surface area contributed by atoms with Crippen LogP contribution in [0.4, 0.5) is 10.5 Å². The van der Waals surface area contributed by atoms with E-state index < -0.39 is 12.1 Å². The highest BCUT2D eigenvalue weighted by Crippen LogP contribution is 2.18. The first-order valence-electron chi connectivity index (χ1n) is 5.93. The normalized spacial score (nSPS) is 9.95. The number of carbonyl (C=O) groups is 2. The van der Waals surface area contributed by atoms with E-state index in [0.29, 0.717) is 0 Å². The molecule has 0 bridgehead atoms. The fourth-order valence-corrected chi connectivity index (χ4v) is 1.79. The van der Waals surface area contributed by atoms with Crippen LogP contribution in [0.25, 0.3) is 0 Å². The number of anilines is 1. The van der Waals surface area contributed by atoms with Crippen molar-refractivity contribution in [3.8, 4) is 0 Å². The molecule has 0 atom stereocenters. The van der Waals surface area contributed by atoms with Crippen LogP contribution in [0.2, 0.25) is 5.02 Å². The maximum atomic E-state index is 11.6. The van der Waals surface area contributed by atoms with Crippen LogP contribution in [0.1, 0.15) is 16.1 Å². The summed E-state index contributed by atoms with van der Waals surface area (Å²) in [5, 5.41) is 11.1. The Bertz CT molecular complexity index is 661. The number of halogens is 1. The van der Waals surface area contributed by atoms with Crippen LogP contribution in [-0.2, 0) is 11.3 Å². The standard InChI is InChI=1S/C14H11ClN2O4/c15-11-6-10(7-16-12(11)13(18)19)17-14(20)21-8-9-4-2-1-3-5-9/h1-7H,8H2,(H,17,20)(H,18,19). The lowest BCUT2D eigenvalue weighted by Gasteiger charge is -2.07. The Balaban J connectivity index is 1.94. The van der Waals surface area contributed by atoms with Crippen molar-refractivity contribution in [2.75, 3.05) is 5.32 Å². The topological polar surface area (TPSA) is 88.5 Å². The average Bonchev–Trinajstić information content (AvgIpc) is 2.46. The largest absolute Gasteiger partial charge is 0.476 e. The van der Waals surface area contributed by atoms with Crippen molar-refractivity contribution >= 4 is 29.4 Å². The number of amides is 1. The molecule has 0 radical (unpaired) electrons. The molecule has 0 aliphatic carbocycles. The molecule has 0 saturated heterocycles. The zero-order valence-corrected chi connectivity index (χ0v) is 11.5. The van der Waals surface area contributed by atoms with Gasteiger partial charge in [0.25, 0.3) is 0 Å². The van der Waals surface area contributed by atoms with Crippen molar-refractivity contribution in [1.82, 2.24) is 4.98 Å². The fraction of sp³-hybridized carbons (Fsp3) is 0.0714. The van der Waals surface area contributed by atoms with Gasteiger partial charge in [-0.05, 0) is 11.6 Å². The maximum Gasteiger partial charge on any atom is 0.412 e. The molecule has 6 nitrogen and oxygen atoms in total. The molecule has 2 aromatic rings. The molecule has 1 heterocycles. The van der Waals surface area contributed by atoms with Gasteiger partial charge in [-0.15, -0.1) is 0 Å². The van der Waals surface area contributed by atoms with Crippen LogP contribution in [0.15, 0.2) is 42.6 Å². The number of aromatic carboxylic acids is 1. The van der Waals surface area contributed by atoms with Crippen molar-refractivity contribution < 1.29 is 19.4 Å². The number of nitrogens with one attached hydrogen (secondary N) is 1. The van der Waals surface area contributed by atoms with E-state index in [-0.39, 0.29) is 23.0 Å². The SMILES string of the molecule is O=C(Nc1cnc(C(=O)O)c(Cl)c1)OCc1ccccc1. The van der Waals surface area contributed by atoms with Crippen LogP contribution in [0, 0.1) is 0 Å². The van der Waals surface area contributed by atoms with Gasteiger partial charge in [0.1, 0.15) is 6.61 Å². The molecule has 108 valence electrons. The van der Waals surface area contributed by atoms with Crippen LogP contribution in [-0.4, -0.2) is 22.2 Å². The third-order valence-electron chi connectivity index (χ3n) is 2.50. The number of hydrogen-bond acceptors (Lipinski definition) is 4. The Hall–Kier alpha value is -2.60. The third-order valence-corrected chi connectivity index (χ3v) is 2.79. The van der Waals surface area contributed by atoms with Crippen molar-refractivity contribution in [3.63, 3.8) is 0 Å². The van der Waals surface area contributed by atoms with Gasteiger partial charge >= 0.3 is 12.1 Å². The van der Waals surface area contributed by atoms with Gasteiger partial charge in [0.05, 0.1) is 16.9 Å². The van der Waals surface area contributed by atoms with Gasteiger partial charge in [-0.25, -0.2) is 14.6 Å². The summed E-state index contributed by atoms with van der Waals surface area (Å²) in [7, 11) is 0. The third kappa shape index (κ3) is 4.19. The lowest BCUT2D eigenvalue weighted by Crippen LogP contribution is -2.14. The molecular formula is C14H11ClN2O4. The van der Waals surface area contributed by atoms with Crippen molar-refractivity contribution in [2.24, 2.45) is 0 Å². The molecule has 0 saturated carbocycles. The smallest absolute Gasteiger partial charge is 0.412 e. The summed E-state index contributed by atoms with van der Waals surface area (Å²) in [6, 6.07) is 10.5. The summed E-state index contributed by atoms with van der Waals surface area (Å²) in [5.74, 6) is -1.24. The molecule has 0 unspecified atom stereocenters. The second-order valence-corrected chi connectivity index (χ2v) is 4.45. The summed E-state index contributed by atoms with van der Waals surface area (Å²) in [6.07, 6.45) is 0.513. The number of ether oxygens (including phenoxy) is 1. The zero-order chi connectivity index (χ0) is 15.2. The Labute approximate surface area is 125 Å². The van der Waals surface area contributed by atoms with E-state index in [2.05, 4.69) is 10.3 Å². The van der Waals surface area contributed by atoms with Gasteiger partial charge in [0.2, 0.25) is 0 Å². The van der Waals surface area contributed by atoms with Crippen molar-refractivity contribution in [1.29, 1.82) is 0 Å². The predicted octanol–water partition coefficient (Wildman–Crippen LogP) is 3.18. The van der Waals surface area contributed by atoms with E-state index >= 15 is 0 Å². The minimum Gasteiger partial charge on any atom is -0.476 e. The summed E-state index contributed by atoms with van der Waals surface area (Å²) < 4.78 is 5.01. The predicted molar refractivity (Wildman–Crippen MR) is 76.5 cm³/mol. The quantitative estimate of drug-likeness (QED) is 0.905.